The Labute approximate surface area is 213 Å². The monoisotopic (exact) mass is 538 g/mol. The van der Waals surface area contributed by atoms with Crippen LogP contribution in [0, 0.1) is 12.7 Å². The molecule has 0 spiro atoms. The maximum Gasteiger partial charge on any atom is 0.267 e. The lowest BCUT2D eigenvalue weighted by molar-refractivity contribution is 0.0977. The number of nitrogens with zero attached hydrogens (tertiary/aromatic N) is 3. The van der Waals surface area contributed by atoms with Gasteiger partial charge in [-0.15, -0.1) is 0 Å². The number of likely N-dealkylation sites (tertiary alicyclic amines) is 1. The van der Waals surface area contributed by atoms with Crippen molar-refractivity contribution in [2.45, 2.75) is 50.4 Å². The van der Waals surface area contributed by atoms with Gasteiger partial charge in [-0.2, -0.15) is 5.10 Å². The van der Waals surface area contributed by atoms with Crippen molar-refractivity contribution in [3.63, 3.8) is 0 Å². The smallest absolute Gasteiger partial charge is 0.267 e. The first-order chi connectivity index (χ1) is 16.5. The Hall–Kier alpha value is -2.20. The van der Waals surface area contributed by atoms with Gasteiger partial charge in [0, 0.05) is 40.6 Å². The second kappa shape index (κ2) is 9.03. The minimum Gasteiger partial charge on any atom is -0.294 e. The zero-order valence-corrected chi connectivity index (χ0v) is 21.6. The largest absolute Gasteiger partial charge is 0.294 e. The van der Waals surface area contributed by atoms with Crippen LogP contribution in [-0.2, 0) is 10.0 Å². The van der Waals surface area contributed by atoms with E-state index in [4.69, 9.17) is 23.2 Å². The van der Waals surface area contributed by atoms with Gasteiger partial charge in [0.05, 0.1) is 28.1 Å². The minimum absolute atomic E-state index is 0.0117. The highest BCUT2D eigenvalue weighted by Crippen LogP contribution is 2.35. The van der Waals surface area contributed by atoms with Gasteiger partial charge < -0.3 is 0 Å². The van der Waals surface area contributed by atoms with Gasteiger partial charge in [-0.25, -0.2) is 17.5 Å². The number of sulfonamides is 1. The topological polar surface area (TPSA) is 84.3 Å². The number of carbonyl (C=O) groups is 1. The Morgan fingerprint density at radius 3 is 2.49 bits per heavy atom. The Morgan fingerprint density at radius 2 is 1.83 bits per heavy atom. The van der Waals surface area contributed by atoms with Gasteiger partial charge in [0.25, 0.3) is 5.91 Å². The van der Waals surface area contributed by atoms with Crippen LogP contribution in [0.15, 0.2) is 30.3 Å². The summed E-state index contributed by atoms with van der Waals surface area (Å²) in [5, 5.41) is 5.87. The van der Waals surface area contributed by atoms with E-state index in [1.165, 1.54) is 12.1 Å². The number of nitrogens with one attached hydrogen (secondary N) is 1. The molecule has 2 aliphatic rings. The molecule has 11 heteroatoms. The predicted octanol–water partition coefficient (Wildman–Crippen LogP) is 5.02. The second-order valence-electron chi connectivity index (χ2n) is 9.37. The number of hydrogen-bond donors (Lipinski definition) is 1. The van der Waals surface area contributed by atoms with Crippen molar-refractivity contribution in [3.05, 3.63) is 63.0 Å². The minimum atomic E-state index is -3.77. The summed E-state index contributed by atoms with van der Waals surface area (Å²) in [6.45, 7) is 5.41. The molecule has 1 aromatic heterocycles. The van der Waals surface area contributed by atoms with Crippen molar-refractivity contribution in [3.8, 4) is 0 Å². The summed E-state index contributed by atoms with van der Waals surface area (Å²) in [6, 6.07) is 8.28. The van der Waals surface area contributed by atoms with E-state index in [2.05, 4.69) is 16.9 Å². The Balaban J connectivity index is 1.39. The van der Waals surface area contributed by atoms with E-state index in [1.54, 1.807) is 13.0 Å². The molecule has 1 N–H and O–H groups in total. The number of halogens is 3. The molecule has 3 aromatic rings. The summed E-state index contributed by atoms with van der Waals surface area (Å²) < 4.78 is 43.1. The number of amides is 1. The van der Waals surface area contributed by atoms with Crippen LogP contribution in [0.3, 0.4) is 0 Å². The van der Waals surface area contributed by atoms with Crippen LogP contribution < -0.4 is 4.72 Å². The maximum atomic E-state index is 15.0. The van der Waals surface area contributed by atoms with E-state index in [0.29, 0.717) is 46.0 Å². The van der Waals surface area contributed by atoms with Gasteiger partial charge in [-0.3, -0.25) is 14.4 Å². The average Bonchev–Trinajstić information content (AvgIpc) is 3.46. The fourth-order valence-electron chi connectivity index (χ4n) is 4.76. The van der Waals surface area contributed by atoms with E-state index in [0.717, 1.165) is 18.5 Å². The normalized spacial score (nSPS) is 19.9. The highest BCUT2D eigenvalue weighted by atomic mass is 35.5. The van der Waals surface area contributed by atoms with Crippen LogP contribution in [-0.4, -0.2) is 47.3 Å². The van der Waals surface area contributed by atoms with E-state index in [-0.39, 0.29) is 17.6 Å². The molecule has 0 bridgehead atoms. The molecule has 1 saturated carbocycles. The standard InChI is InChI=1S/C24H25Cl2FN4O3S/c1-13-20-10-21(24(32)29-35(33,34)19-3-4-19)22(27)11-23(20)31(28-13)18-5-6-30(12-18)14(2)15-7-16(25)9-17(26)8-15/h7-11,14,18-19H,3-6,12H2,1-2H3,(H,29,32)/t14-,18?/m0/s1. The maximum absolute atomic E-state index is 15.0. The van der Waals surface area contributed by atoms with E-state index >= 15 is 4.39 Å². The van der Waals surface area contributed by atoms with Crippen LogP contribution in [0.5, 0.6) is 0 Å². The quantitative estimate of drug-likeness (QED) is 0.476. The van der Waals surface area contributed by atoms with E-state index in [9.17, 15) is 13.2 Å². The van der Waals surface area contributed by atoms with Crippen LogP contribution >= 0.6 is 23.2 Å². The molecule has 0 radical (unpaired) electrons. The summed E-state index contributed by atoms with van der Waals surface area (Å²) in [5.41, 5.74) is 1.94. The number of rotatable bonds is 6. The Bertz CT molecular complexity index is 1420. The van der Waals surface area contributed by atoms with Crippen LogP contribution in [0.2, 0.25) is 10.0 Å². The fraction of sp³-hybridized carbons (Fsp3) is 0.417. The SMILES string of the molecule is Cc1nn(C2CCN([C@@H](C)c3cc(Cl)cc(Cl)c3)C2)c2cc(F)c(C(=O)NS(=O)(=O)C3CC3)cc12. The van der Waals surface area contributed by atoms with E-state index < -0.39 is 27.0 Å². The fourth-order valence-corrected chi connectivity index (χ4v) is 6.59. The lowest BCUT2D eigenvalue weighted by Gasteiger charge is -2.25. The number of fused-ring (bicyclic) bond motifs is 1. The summed E-state index contributed by atoms with van der Waals surface area (Å²) in [6.07, 6.45) is 1.84. The number of aryl methyl sites for hydroxylation is 1. The van der Waals surface area contributed by atoms with Crippen molar-refractivity contribution in [1.82, 2.24) is 19.4 Å². The molecule has 7 nitrogen and oxygen atoms in total. The molecule has 1 aliphatic heterocycles. The van der Waals surface area contributed by atoms with Gasteiger partial charge in [0.1, 0.15) is 5.82 Å². The van der Waals surface area contributed by atoms with E-state index in [1.807, 2.05) is 21.5 Å². The lowest BCUT2D eigenvalue weighted by Crippen LogP contribution is -2.33. The van der Waals surface area contributed by atoms with Gasteiger partial charge in [-0.05, 0) is 62.9 Å². The third kappa shape index (κ3) is 4.79. The predicted molar refractivity (Wildman–Crippen MR) is 134 cm³/mol. The Kier molecular flexibility index (Phi) is 6.32. The molecule has 1 aliphatic carbocycles. The second-order valence-corrected chi connectivity index (χ2v) is 12.2. The van der Waals surface area contributed by atoms with Gasteiger partial charge in [-0.1, -0.05) is 23.2 Å². The van der Waals surface area contributed by atoms with Crippen molar-refractivity contribution in [2.75, 3.05) is 13.1 Å². The molecule has 1 amide bonds. The molecule has 186 valence electrons. The molecule has 1 saturated heterocycles. The molecular formula is C24H25Cl2FN4O3S. The third-order valence-electron chi connectivity index (χ3n) is 6.88. The Morgan fingerprint density at radius 1 is 1.14 bits per heavy atom. The van der Waals surface area contributed by atoms with Crippen molar-refractivity contribution >= 4 is 50.0 Å². The first kappa shape index (κ1) is 24.5. The summed E-state index contributed by atoms with van der Waals surface area (Å²) >= 11 is 12.4. The number of benzene rings is 2. The zero-order chi connectivity index (χ0) is 25.1. The number of aromatic nitrogens is 2. The van der Waals surface area contributed by atoms with Gasteiger partial charge in [0.15, 0.2) is 0 Å². The average molecular weight is 539 g/mol. The van der Waals surface area contributed by atoms with Crippen molar-refractivity contribution < 1.29 is 17.6 Å². The first-order valence-electron chi connectivity index (χ1n) is 11.5. The number of hydrogen-bond acceptors (Lipinski definition) is 5. The molecule has 2 aromatic carbocycles. The zero-order valence-electron chi connectivity index (χ0n) is 19.3. The molecule has 35 heavy (non-hydrogen) atoms. The highest BCUT2D eigenvalue weighted by Gasteiger charge is 2.37. The lowest BCUT2D eigenvalue weighted by atomic mass is 10.1. The van der Waals surface area contributed by atoms with Crippen molar-refractivity contribution in [1.29, 1.82) is 0 Å². The van der Waals surface area contributed by atoms with Crippen LogP contribution in [0.4, 0.5) is 4.39 Å². The van der Waals surface area contributed by atoms with Crippen LogP contribution in [0.25, 0.3) is 10.9 Å². The third-order valence-corrected chi connectivity index (χ3v) is 9.13. The first-order valence-corrected chi connectivity index (χ1v) is 13.8. The molecule has 1 unspecified atom stereocenters. The van der Waals surface area contributed by atoms with Gasteiger partial charge in [0.2, 0.25) is 10.0 Å². The summed E-state index contributed by atoms with van der Waals surface area (Å²) in [4.78, 5) is 14.9. The number of carbonyl (C=O) groups excluding carboxylic acids is 1. The van der Waals surface area contributed by atoms with Crippen molar-refractivity contribution in [2.24, 2.45) is 0 Å². The molecular weight excluding hydrogens is 514 g/mol. The molecule has 2 atom stereocenters. The highest BCUT2D eigenvalue weighted by molar-refractivity contribution is 7.91. The molecule has 5 rings (SSSR count). The summed E-state index contributed by atoms with van der Waals surface area (Å²) in [5.74, 6) is -1.73. The summed E-state index contributed by atoms with van der Waals surface area (Å²) in [7, 11) is -3.77. The van der Waals surface area contributed by atoms with Crippen LogP contribution in [0.1, 0.15) is 59.9 Å². The molecule has 2 fully saturated rings. The molecule has 2 heterocycles. The van der Waals surface area contributed by atoms with Gasteiger partial charge >= 0.3 is 0 Å².